The van der Waals surface area contributed by atoms with Crippen molar-refractivity contribution in [3.05, 3.63) is 64.3 Å². The van der Waals surface area contributed by atoms with E-state index in [0.717, 1.165) is 31.3 Å². The molecule has 21 heavy (non-hydrogen) atoms. The highest BCUT2D eigenvalue weighted by atomic mass is 32.1. The van der Waals surface area contributed by atoms with E-state index < -0.39 is 0 Å². The van der Waals surface area contributed by atoms with Crippen molar-refractivity contribution in [1.29, 1.82) is 0 Å². The summed E-state index contributed by atoms with van der Waals surface area (Å²) in [6.45, 7) is 10.3. The molecule has 1 nitrogen and oxygen atoms in total. The maximum absolute atomic E-state index is 13.0. The van der Waals surface area contributed by atoms with Crippen LogP contribution in [0.4, 0.5) is 0 Å². The lowest BCUT2D eigenvalue weighted by Crippen LogP contribution is -2.15. The first-order valence-corrected chi connectivity index (χ1v) is 7.86. The molecule has 0 aliphatic rings. The van der Waals surface area contributed by atoms with E-state index >= 15 is 0 Å². The van der Waals surface area contributed by atoms with Crippen LogP contribution in [-0.4, -0.2) is 0 Å². The molecule has 1 heterocycles. The van der Waals surface area contributed by atoms with Crippen molar-refractivity contribution in [1.82, 2.24) is 0 Å². The Bertz CT molecular complexity index is 910. The van der Waals surface area contributed by atoms with Gasteiger partial charge in [0, 0.05) is 20.2 Å². The molecular formula is C19H18OS. The molecule has 2 aromatic carbocycles. The normalized spacial score (nSPS) is 12.0. The minimum absolute atomic E-state index is 0.0465. The van der Waals surface area contributed by atoms with Crippen LogP contribution in [0.3, 0.4) is 0 Å². The van der Waals surface area contributed by atoms with Crippen molar-refractivity contribution in [2.24, 2.45) is 0 Å². The number of fused-ring (bicyclic) bond motifs is 2. The summed E-state index contributed by atoms with van der Waals surface area (Å²) < 4.78 is 2.07. The summed E-state index contributed by atoms with van der Waals surface area (Å²) in [6.07, 6.45) is 1.82. The second-order valence-corrected chi connectivity index (χ2v) is 7.34. The Kier molecular flexibility index (Phi) is 3.22. The molecule has 0 N–H and O–H groups in total. The van der Waals surface area contributed by atoms with Crippen LogP contribution in [0.2, 0.25) is 0 Å². The van der Waals surface area contributed by atoms with Gasteiger partial charge in [-0.1, -0.05) is 57.7 Å². The average molecular weight is 294 g/mol. The van der Waals surface area contributed by atoms with E-state index in [1.165, 1.54) is 0 Å². The van der Waals surface area contributed by atoms with Crippen LogP contribution in [-0.2, 0) is 5.41 Å². The van der Waals surface area contributed by atoms with E-state index in [1.807, 2.05) is 36.4 Å². The summed E-state index contributed by atoms with van der Waals surface area (Å²) in [5.74, 6) is 0. The van der Waals surface area contributed by atoms with E-state index in [0.29, 0.717) is 0 Å². The second-order valence-electron chi connectivity index (χ2n) is 6.29. The van der Waals surface area contributed by atoms with Crippen LogP contribution >= 0.6 is 11.3 Å². The third-order valence-electron chi connectivity index (χ3n) is 3.78. The molecule has 0 saturated heterocycles. The lowest BCUT2D eigenvalue weighted by molar-refractivity contribution is 0.596. The lowest BCUT2D eigenvalue weighted by Gasteiger charge is -2.21. The Labute approximate surface area is 128 Å². The first kappa shape index (κ1) is 14.0. The molecule has 0 spiro atoms. The van der Waals surface area contributed by atoms with Gasteiger partial charge in [-0.15, -0.1) is 11.3 Å². The smallest absolute Gasteiger partial charge is 0.196 e. The van der Waals surface area contributed by atoms with Crippen molar-refractivity contribution in [3.63, 3.8) is 0 Å². The zero-order chi connectivity index (χ0) is 15.2. The molecule has 0 fully saturated rings. The first-order valence-electron chi connectivity index (χ1n) is 7.05. The molecule has 0 atom stereocenters. The van der Waals surface area contributed by atoms with Crippen LogP contribution in [0, 0.1) is 0 Å². The van der Waals surface area contributed by atoms with Crippen LogP contribution in [0.1, 0.15) is 31.9 Å². The topological polar surface area (TPSA) is 17.1 Å². The number of hydrogen-bond acceptors (Lipinski definition) is 2. The van der Waals surface area contributed by atoms with Crippen molar-refractivity contribution in [2.75, 3.05) is 0 Å². The molecule has 3 rings (SSSR count). The molecule has 2 heteroatoms. The highest BCUT2D eigenvalue weighted by Gasteiger charge is 2.20. The van der Waals surface area contributed by atoms with E-state index in [1.54, 1.807) is 11.3 Å². The molecular weight excluding hydrogens is 276 g/mol. The van der Waals surface area contributed by atoms with Gasteiger partial charge in [0.2, 0.25) is 0 Å². The van der Waals surface area contributed by atoms with Crippen LogP contribution < -0.4 is 5.43 Å². The number of hydrogen-bond donors (Lipinski definition) is 0. The fourth-order valence-electron chi connectivity index (χ4n) is 2.73. The summed E-state index contributed by atoms with van der Waals surface area (Å²) in [6, 6.07) is 12.0. The SMILES string of the molecule is C=Cc1cccc2c(=O)c3c(C(C)(C)C)cccc3sc12. The van der Waals surface area contributed by atoms with Crippen LogP contribution in [0.25, 0.3) is 26.2 Å². The van der Waals surface area contributed by atoms with Crippen LogP contribution in [0.5, 0.6) is 0 Å². The van der Waals surface area contributed by atoms with Gasteiger partial charge in [-0.25, -0.2) is 0 Å². The second kappa shape index (κ2) is 4.81. The Morgan fingerprint density at radius 1 is 1.10 bits per heavy atom. The van der Waals surface area contributed by atoms with Crippen molar-refractivity contribution in [2.45, 2.75) is 26.2 Å². The maximum Gasteiger partial charge on any atom is 0.196 e. The molecule has 1 aromatic heterocycles. The first-order chi connectivity index (χ1) is 9.93. The molecule has 0 aliphatic heterocycles. The minimum atomic E-state index is -0.0465. The van der Waals surface area contributed by atoms with Crippen molar-refractivity contribution in [3.8, 4) is 0 Å². The number of rotatable bonds is 1. The molecule has 3 aromatic rings. The van der Waals surface area contributed by atoms with E-state index in [2.05, 4.69) is 33.4 Å². The van der Waals surface area contributed by atoms with Gasteiger partial charge in [0.25, 0.3) is 0 Å². The van der Waals surface area contributed by atoms with Gasteiger partial charge in [-0.2, -0.15) is 0 Å². The van der Waals surface area contributed by atoms with E-state index in [4.69, 9.17) is 0 Å². The minimum Gasteiger partial charge on any atom is -0.288 e. The summed E-state index contributed by atoms with van der Waals surface area (Å²) in [5.41, 5.74) is 2.23. The number of benzene rings is 2. The predicted molar refractivity (Wildman–Crippen MR) is 94.4 cm³/mol. The summed E-state index contributed by atoms with van der Waals surface area (Å²) >= 11 is 1.68. The van der Waals surface area contributed by atoms with Crippen LogP contribution in [0.15, 0.2) is 47.8 Å². The van der Waals surface area contributed by atoms with Crippen molar-refractivity contribution >= 4 is 37.6 Å². The molecule has 0 amide bonds. The monoisotopic (exact) mass is 294 g/mol. The molecule has 0 unspecified atom stereocenters. The van der Waals surface area contributed by atoms with Gasteiger partial charge in [0.1, 0.15) is 0 Å². The molecule has 0 saturated carbocycles. The fraction of sp³-hybridized carbons (Fsp3) is 0.211. The zero-order valence-electron chi connectivity index (χ0n) is 12.6. The highest BCUT2D eigenvalue weighted by molar-refractivity contribution is 7.24. The Hall–Kier alpha value is -1.93. The van der Waals surface area contributed by atoms with Gasteiger partial charge >= 0.3 is 0 Å². The quantitative estimate of drug-likeness (QED) is 0.552. The van der Waals surface area contributed by atoms with E-state index in [9.17, 15) is 4.79 Å². The third-order valence-corrected chi connectivity index (χ3v) is 5.00. The van der Waals surface area contributed by atoms with E-state index in [-0.39, 0.29) is 10.8 Å². The summed E-state index contributed by atoms with van der Waals surface area (Å²) in [5, 5.41) is 1.66. The Morgan fingerprint density at radius 2 is 1.81 bits per heavy atom. The molecule has 0 aliphatic carbocycles. The third kappa shape index (κ3) is 2.20. The highest BCUT2D eigenvalue weighted by Crippen LogP contribution is 2.33. The van der Waals surface area contributed by atoms with Gasteiger partial charge in [-0.05, 0) is 28.7 Å². The average Bonchev–Trinajstić information content (AvgIpc) is 2.45. The Balaban J connectivity index is 2.58. The standard InChI is InChI=1S/C19H18OS/c1-5-12-8-6-9-13-17(20)16-14(19(2,3)4)10-7-11-15(16)21-18(12)13/h5-11H,1H2,2-4H3. The summed E-state index contributed by atoms with van der Waals surface area (Å²) in [7, 11) is 0. The molecule has 106 valence electrons. The summed E-state index contributed by atoms with van der Waals surface area (Å²) in [4.78, 5) is 13.0. The van der Waals surface area contributed by atoms with Gasteiger partial charge in [0.05, 0.1) is 0 Å². The van der Waals surface area contributed by atoms with Gasteiger partial charge < -0.3 is 0 Å². The Morgan fingerprint density at radius 3 is 2.48 bits per heavy atom. The molecule has 0 radical (unpaired) electrons. The zero-order valence-corrected chi connectivity index (χ0v) is 13.4. The maximum atomic E-state index is 13.0. The lowest BCUT2D eigenvalue weighted by atomic mass is 9.84. The predicted octanol–water partition coefficient (Wildman–Crippen LogP) is 5.36. The largest absolute Gasteiger partial charge is 0.288 e. The van der Waals surface area contributed by atoms with Gasteiger partial charge in [0.15, 0.2) is 5.43 Å². The fourth-order valence-corrected chi connectivity index (χ4v) is 3.94. The van der Waals surface area contributed by atoms with Gasteiger partial charge in [-0.3, -0.25) is 4.79 Å². The van der Waals surface area contributed by atoms with Crippen molar-refractivity contribution < 1.29 is 0 Å². The molecule has 0 bridgehead atoms.